The second kappa shape index (κ2) is 2.73. The number of rotatable bonds is 3. The lowest BCUT2D eigenvalue weighted by Crippen LogP contribution is -2.17. The van der Waals surface area contributed by atoms with Gasteiger partial charge in [0, 0.05) is 5.54 Å². The molecule has 1 fully saturated rings. The highest BCUT2D eigenvalue weighted by Gasteiger charge is 2.43. The summed E-state index contributed by atoms with van der Waals surface area (Å²) < 4.78 is 2.14. The zero-order valence-electron chi connectivity index (χ0n) is 7.13. The van der Waals surface area contributed by atoms with Gasteiger partial charge in [0.25, 0.3) is 0 Å². The van der Waals surface area contributed by atoms with Crippen molar-refractivity contribution in [3.8, 4) is 0 Å². The van der Waals surface area contributed by atoms with Crippen molar-refractivity contribution in [3.63, 3.8) is 0 Å². The Morgan fingerprint density at radius 3 is 2.92 bits per heavy atom. The fraction of sp³-hybridized carbons (Fsp3) is 0.750. The molecule has 0 radical (unpaired) electrons. The van der Waals surface area contributed by atoms with Gasteiger partial charge in [-0.05, 0) is 19.3 Å². The van der Waals surface area contributed by atoms with Gasteiger partial charge in [0.2, 0.25) is 0 Å². The van der Waals surface area contributed by atoms with Crippen LogP contribution in [0.3, 0.4) is 0 Å². The minimum absolute atomic E-state index is 0.313. The molecule has 0 aromatic carbocycles. The third-order valence-electron chi connectivity index (χ3n) is 2.73. The lowest BCUT2D eigenvalue weighted by atomic mass is 10.2. The van der Waals surface area contributed by atoms with E-state index in [0.717, 1.165) is 12.2 Å². The van der Waals surface area contributed by atoms with E-state index >= 15 is 0 Å². The topological polar surface area (TPSA) is 30.7 Å². The lowest BCUT2D eigenvalue weighted by Gasteiger charge is -2.15. The first kappa shape index (κ1) is 8.05. The Bertz CT molecular complexity index is 278. The molecular weight excluding hydrogens is 174 g/mol. The van der Waals surface area contributed by atoms with Crippen molar-refractivity contribution in [3.05, 3.63) is 12.2 Å². The van der Waals surface area contributed by atoms with Crippen molar-refractivity contribution in [1.29, 1.82) is 0 Å². The number of hydrogen-bond acceptors (Lipinski definition) is 2. The van der Waals surface area contributed by atoms with Gasteiger partial charge in [0.1, 0.15) is 12.2 Å². The summed E-state index contributed by atoms with van der Waals surface area (Å²) >= 11 is 5.74. The SMILES string of the molecule is CCC1(n2cnnc2CCl)CC1. The molecule has 1 aliphatic rings. The van der Waals surface area contributed by atoms with E-state index in [-0.39, 0.29) is 0 Å². The Hall–Kier alpha value is -0.570. The van der Waals surface area contributed by atoms with Gasteiger partial charge >= 0.3 is 0 Å². The summed E-state index contributed by atoms with van der Waals surface area (Å²) in [6, 6.07) is 0. The monoisotopic (exact) mass is 185 g/mol. The molecule has 1 aliphatic carbocycles. The smallest absolute Gasteiger partial charge is 0.148 e. The molecule has 12 heavy (non-hydrogen) atoms. The molecule has 3 nitrogen and oxygen atoms in total. The highest BCUT2D eigenvalue weighted by atomic mass is 35.5. The normalized spacial score (nSPS) is 19.5. The molecule has 0 unspecified atom stereocenters. The number of halogens is 1. The van der Waals surface area contributed by atoms with Crippen LogP contribution in [0.1, 0.15) is 32.0 Å². The predicted molar refractivity (Wildman–Crippen MR) is 47.1 cm³/mol. The summed E-state index contributed by atoms with van der Waals surface area (Å²) in [7, 11) is 0. The second-order valence-corrected chi connectivity index (χ2v) is 3.60. The number of alkyl halides is 1. The van der Waals surface area contributed by atoms with Gasteiger partial charge in [-0.25, -0.2) is 0 Å². The van der Waals surface area contributed by atoms with Crippen LogP contribution < -0.4 is 0 Å². The van der Waals surface area contributed by atoms with Gasteiger partial charge in [-0.2, -0.15) is 0 Å². The molecular formula is C8H12ClN3. The molecule has 0 atom stereocenters. The molecule has 0 amide bonds. The summed E-state index contributed by atoms with van der Waals surface area (Å²) in [5, 5.41) is 7.85. The third kappa shape index (κ3) is 1.04. The van der Waals surface area contributed by atoms with E-state index in [4.69, 9.17) is 11.6 Å². The fourth-order valence-electron chi connectivity index (χ4n) is 1.66. The van der Waals surface area contributed by atoms with E-state index in [1.165, 1.54) is 12.8 Å². The van der Waals surface area contributed by atoms with Crippen LogP contribution in [0.15, 0.2) is 6.33 Å². The minimum atomic E-state index is 0.313. The first-order valence-electron chi connectivity index (χ1n) is 4.28. The molecule has 1 heterocycles. The van der Waals surface area contributed by atoms with Crippen LogP contribution in [0.4, 0.5) is 0 Å². The van der Waals surface area contributed by atoms with E-state index in [9.17, 15) is 0 Å². The average Bonchev–Trinajstić information content (AvgIpc) is 2.76. The molecule has 66 valence electrons. The van der Waals surface area contributed by atoms with Crippen molar-refractivity contribution in [2.75, 3.05) is 0 Å². The van der Waals surface area contributed by atoms with E-state index in [1.807, 2.05) is 0 Å². The highest BCUT2D eigenvalue weighted by molar-refractivity contribution is 6.16. The molecule has 0 saturated heterocycles. The van der Waals surface area contributed by atoms with Crippen LogP contribution >= 0.6 is 11.6 Å². The Labute approximate surface area is 76.7 Å². The van der Waals surface area contributed by atoms with Gasteiger partial charge in [-0.1, -0.05) is 6.92 Å². The molecule has 4 heteroatoms. The van der Waals surface area contributed by atoms with E-state index < -0.39 is 0 Å². The van der Waals surface area contributed by atoms with Crippen LogP contribution in [-0.2, 0) is 11.4 Å². The first-order valence-corrected chi connectivity index (χ1v) is 4.81. The minimum Gasteiger partial charge on any atom is -0.310 e. The Kier molecular flexibility index (Phi) is 1.83. The van der Waals surface area contributed by atoms with E-state index in [2.05, 4.69) is 21.7 Å². The highest BCUT2D eigenvalue weighted by Crippen LogP contribution is 2.46. The molecule has 0 bridgehead atoms. The summed E-state index contributed by atoms with van der Waals surface area (Å²) in [5.41, 5.74) is 0.313. The van der Waals surface area contributed by atoms with Crippen LogP contribution in [-0.4, -0.2) is 14.8 Å². The molecule has 1 saturated carbocycles. The molecule has 2 rings (SSSR count). The molecule has 0 aliphatic heterocycles. The van der Waals surface area contributed by atoms with Crippen LogP contribution in [0.5, 0.6) is 0 Å². The van der Waals surface area contributed by atoms with Gasteiger partial charge in [-0.15, -0.1) is 21.8 Å². The fourth-order valence-corrected chi connectivity index (χ4v) is 1.84. The zero-order chi connectivity index (χ0) is 8.60. The molecule has 1 aromatic rings. The third-order valence-corrected chi connectivity index (χ3v) is 2.97. The summed E-state index contributed by atoms with van der Waals surface area (Å²) in [6.07, 6.45) is 5.43. The largest absolute Gasteiger partial charge is 0.310 e. The number of hydrogen-bond donors (Lipinski definition) is 0. The second-order valence-electron chi connectivity index (χ2n) is 3.33. The van der Waals surface area contributed by atoms with Gasteiger partial charge in [0.05, 0.1) is 5.88 Å². The van der Waals surface area contributed by atoms with Crippen LogP contribution in [0, 0.1) is 0 Å². The van der Waals surface area contributed by atoms with Gasteiger partial charge < -0.3 is 4.57 Å². The first-order chi connectivity index (χ1) is 5.82. The quantitative estimate of drug-likeness (QED) is 0.674. The van der Waals surface area contributed by atoms with Crippen molar-refractivity contribution in [1.82, 2.24) is 14.8 Å². The van der Waals surface area contributed by atoms with Gasteiger partial charge in [-0.3, -0.25) is 0 Å². The van der Waals surface area contributed by atoms with Crippen LogP contribution in [0.2, 0.25) is 0 Å². The molecule has 0 spiro atoms. The summed E-state index contributed by atoms with van der Waals surface area (Å²) in [5.74, 6) is 1.36. The van der Waals surface area contributed by atoms with Crippen molar-refractivity contribution < 1.29 is 0 Å². The zero-order valence-corrected chi connectivity index (χ0v) is 7.88. The van der Waals surface area contributed by atoms with Crippen molar-refractivity contribution in [2.24, 2.45) is 0 Å². The maximum absolute atomic E-state index is 5.74. The van der Waals surface area contributed by atoms with Crippen molar-refractivity contribution >= 4 is 11.6 Å². The summed E-state index contributed by atoms with van der Waals surface area (Å²) in [4.78, 5) is 0. The number of aromatic nitrogens is 3. The molecule has 0 N–H and O–H groups in total. The Morgan fingerprint density at radius 1 is 1.67 bits per heavy atom. The Morgan fingerprint density at radius 2 is 2.42 bits per heavy atom. The average molecular weight is 186 g/mol. The summed E-state index contributed by atoms with van der Waals surface area (Å²) in [6.45, 7) is 2.20. The maximum atomic E-state index is 5.74. The lowest BCUT2D eigenvalue weighted by molar-refractivity contribution is 0.452. The van der Waals surface area contributed by atoms with Crippen LogP contribution in [0.25, 0.3) is 0 Å². The van der Waals surface area contributed by atoms with Gasteiger partial charge in [0.15, 0.2) is 0 Å². The van der Waals surface area contributed by atoms with E-state index in [0.29, 0.717) is 11.4 Å². The maximum Gasteiger partial charge on any atom is 0.148 e. The molecule has 1 aromatic heterocycles. The van der Waals surface area contributed by atoms with E-state index in [1.54, 1.807) is 6.33 Å². The van der Waals surface area contributed by atoms with Crippen molar-refractivity contribution in [2.45, 2.75) is 37.6 Å². The predicted octanol–water partition coefficient (Wildman–Crippen LogP) is 1.92. The number of nitrogens with zero attached hydrogens (tertiary/aromatic N) is 3. The standard InChI is InChI=1S/C8H12ClN3/c1-2-8(3-4-8)12-6-10-11-7(12)5-9/h6H,2-5H2,1H3. The Balaban J connectivity index is 2.32.